The van der Waals surface area contributed by atoms with Gasteiger partial charge in [0.2, 0.25) is 0 Å². The molecule has 51 heavy (non-hydrogen) atoms. The highest BCUT2D eigenvalue weighted by Gasteiger charge is 2.44. The van der Waals surface area contributed by atoms with E-state index in [-0.39, 0.29) is 29.9 Å². The predicted molar refractivity (Wildman–Crippen MR) is 197 cm³/mol. The molecule has 2 aromatic carbocycles. The van der Waals surface area contributed by atoms with Crippen LogP contribution in [0.25, 0.3) is 0 Å². The minimum atomic E-state index is -0.549. The third-order valence-electron chi connectivity index (χ3n) is 11.6. The van der Waals surface area contributed by atoms with Crippen LogP contribution in [0.1, 0.15) is 82.8 Å². The number of phenolic OH excluding ortho intramolecular Hbond substituents is 1. The lowest BCUT2D eigenvalue weighted by atomic mass is 9.94. The van der Waals surface area contributed by atoms with E-state index in [0.29, 0.717) is 57.4 Å². The number of aromatic hydroxyl groups is 1. The van der Waals surface area contributed by atoms with E-state index in [1.54, 1.807) is 17.0 Å². The van der Waals surface area contributed by atoms with E-state index in [1.165, 1.54) is 25.7 Å². The molecule has 0 unspecified atom stereocenters. The van der Waals surface area contributed by atoms with E-state index in [4.69, 9.17) is 0 Å². The van der Waals surface area contributed by atoms with E-state index in [1.807, 2.05) is 40.1 Å². The molecular weight excluding hydrogens is 642 g/mol. The molecule has 1 saturated carbocycles. The van der Waals surface area contributed by atoms with Crippen LogP contribution in [0.15, 0.2) is 54.6 Å². The molecule has 0 bridgehead atoms. The largest absolute Gasteiger partial charge is 0.508 e. The van der Waals surface area contributed by atoms with Gasteiger partial charge >= 0.3 is 23.6 Å². The summed E-state index contributed by atoms with van der Waals surface area (Å²) in [6.45, 7) is 7.76. The van der Waals surface area contributed by atoms with Gasteiger partial charge in [0.15, 0.2) is 0 Å². The number of rotatable bonds is 13. The number of likely N-dealkylation sites (tertiary alicyclic amines) is 1. The molecule has 3 aliphatic heterocycles. The number of carbonyl (C=O) groups is 4. The minimum Gasteiger partial charge on any atom is -0.508 e. The molecule has 276 valence electrons. The van der Waals surface area contributed by atoms with Gasteiger partial charge in [-0.05, 0) is 86.6 Å². The van der Waals surface area contributed by atoms with Gasteiger partial charge in [-0.25, -0.2) is 0 Å². The van der Waals surface area contributed by atoms with Crippen LogP contribution in [-0.2, 0) is 32.0 Å². The molecule has 4 amide bonds. The first-order chi connectivity index (χ1) is 24.7. The van der Waals surface area contributed by atoms with Crippen LogP contribution in [0.2, 0.25) is 0 Å². The summed E-state index contributed by atoms with van der Waals surface area (Å²) in [5.74, 6) is -0.905. The summed E-state index contributed by atoms with van der Waals surface area (Å²) in [6.07, 6.45) is 10.9. The number of nitrogens with zero attached hydrogens (tertiary/aromatic N) is 4. The van der Waals surface area contributed by atoms with Gasteiger partial charge in [-0.3, -0.25) is 24.1 Å². The molecule has 4 aliphatic rings. The maximum Gasteiger partial charge on any atom is 0.312 e. The highest BCUT2D eigenvalue weighted by atomic mass is 16.3. The lowest BCUT2D eigenvalue weighted by Crippen LogP contribution is -2.65. The minimum absolute atomic E-state index is 0.0582. The molecular formula is C41H57N5O5. The fourth-order valence-electron chi connectivity index (χ4n) is 8.95. The predicted octanol–water partition coefficient (Wildman–Crippen LogP) is 4.39. The standard InChI is InChI=1S/C41H57N5O5/c1-29(2)21-35(26-43-20-10-15-33(43)27-45-34(24-42-38(48)39(45)49)22-30-11-8-5-9-12-30)46-28-36(23-31-16-18-37(47)19-17-31)44(40(50)41(46)51)25-32-13-6-3-4-7-14-32/h5,8-9,11-12,16-19,29,32-36,47H,3-4,6-7,10,13-15,20-28H2,1-2H3,(H,42,48)/t33-,34+,35+,36+/m1/s1. The summed E-state index contributed by atoms with van der Waals surface area (Å²) in [4.78, 5) is 62.1. The Bertz CT molecular complexity index is 1490. The van der Waals surface area contributed by atoms with E-state index >= 15 is 0 Å². The first-order valence-electron chi connectivity index (χ1n) is 19.4. The van der Waals surface area contributed by atoms with E-state index < -0.39 is 23.6 Å². The Hall–Kier alpha value is -3.92. The van der Waals surface area contributed by atoms with Crippen LogP contribution < -0.4 is 5.32 Å². The highest BCUT2D eigenvalue weighted by molar-refractivity contribution is 6.36. The maximum absolute atomic E-state index is 14.2. The molecule has 6 rings (SSSR count). The smallest absolute Gasteiger partial charge is 0.312 e. The van der Waals surface area contributed by atoms with Gasteiger partial charge in [0, 0.05) is 44.8 Å². The molecule has 0 radical (unpaired) electrons. The van der Waals surface area contributed by atoms with Gasteiger partial charge in [0.05, 0.1) is 12.1 Å². The molecule has 2 N–H and O–H groups in total. The summed E-state index contributed by atoms with van der Waals surface area (Å²) in [5.41, 5.74) is 2.16. The normalized spacial score (nSPS) is 24.7. The lowest BCUT2D eigenvalue weighted by Gasteiger charge is -2.46. The zero-order chi connectivity index (χ0) is 35.9. The molecule has 4 fully saturated rings. The second-order valence-electron chi connectivity index (χ2n) is 15.9. The van der Waals surface area contributed by atoms with Crippen molar-refractivity contribution in [3.63, 3.8) is 0 Å². The fraction of sp³-hybridized carbons (Fsp3) is 0.610. The van der Waals surface area contributed by atoms with Gasteiger partial charge in [-0.15, -0.1) is 0 Å². The summed E-state index contributed by atoms with van der Waals surface area (Å²) in [6, 6.07) is 16.9. The average molecular weight is 700 g/mol. The third-order valence-corrected chi connectivity index (χ3v) is 11.6. The Labute approximate surface area is 303 Å². The van der Waals surface area contributed by atoms with Crippen molar-refractivity contribution in [3.05, 3.63) is 65.7 Å². The summed E-state index contributed by atoms with van der Waals surface area (Å²) < 4.78 is 0. The Kier molecular flexibility index (Phi) is 12.3. The Balaban J connectivity index is 1.20. The molecule has 10 nitrogen and oxygen atoms in total. The quantitative estimate of drug-likeness (QED) is 0.237. The van der Waals surface area contributed by atoms with Crippen LogP contribution in [0.5, 0.6) is 5.75 Å². The third kappa shape index (κ3) is 9.31. The lowest BCUT2D eigenvalue weighted by molar-refractivity contribution is -0.162. The molecule has 1 aliphatic carbocycles. The van der Waals surface area contributed by atoms with Crippen LogP contribution in [0.3, 0.4) is 0 Å². The number of benzene rings is 2. The van der Waals surface area contributed by atoms with Crippen molar-refractivity contribution in [2.75, 3.05) is 39.3 Å². The molecule has 10 heteroatoms. The fourth-order valence-corrected chi connectivity index (χ4v) is 8.95. The van der Waals surface area contributed by atoms with Crippen molar-refractivity contribution in [1.82, 2.24) is 24.9 Å². The number of nitrogens with one attached hydrogen (secondary N) is 1. The number of hydrogen-bond acceptors (Lipinski definition) is 6. The SMILES string of the molecule is CC(C)C[C@@H](CN1CCC[C@@H]1CN1C(=O)C(=O)NC[C@@H]1Cc1ccccc1)N1C[C@H](Cc2ccc(O)cc2)N(CC2CCCCCC2)C(=O)C1=O. The molecule has 2 aromatic rings. The second-order valence-corrected chi connectivity index (χ2v) is 15.9. The zero-order valence-electron chi connectivity index (χ0n) is 30.6. The van der Waals surface area contributed by atoms with Gasteiger partial charge in [-0.2, -0.15) is 0 Å². The van der Waals surface area contributed by atoms with Gasteiger partial charge in [-0.1, -0.05) is 82.0 Å². The number of phenols is 1. The van der Waals surface area contributed by atoms with Crippen molar-refractivity contribution in [2.24, 2.45) is 11.8 Å². The monoisotopic (exact) mass is 699 g/mol. The van der Waals surface area contributed by atoms with Crippen molar-refractivity contribution < 1.29 is 24.3 Å². The number of amides is 4. The van der Waals surface area contributed by atoms with E-state index in [9.17, 15) is 24.3 Å². The Morgan fingerprint density at radius 1 is 0.725 bits per heavy atom. The molecule has 3 heterocycles. The van der Waals surface area contributed by atoms with Crippen LogP contribution in [-0.4, -0.2) is 112 Å². The summed E-state index contributed by atoms with van der Waals surface area (Å²) >= 11 is 0. The van der Waals surface area contributed by atoms with E-state index in [0.717, 1.165) is 49.8 Å². The van der Waals surface area contributed by atoms with Crippen LogP contribution >= 0.6 is 0 Å². The van der Waals surface area contributed by atoms with Crippen LogP contribution in [0, 0.1) is 11.8 Å². The average Bonchev–Trinajstić information content (AvgIpc) is 3.38. The number of hydrogen-bond donors (Lipinski definition) is 2. The first kappa shape index (κ1) is 36.9. The van der Waals surface area contributed by atoms with Crippen molar-refractivity contribution in [2.45, 2.75) is 109 Å². The first-order valence-corrected chi connectivity index (χ1v) is 19.4. The second kappa shape index (κ2) is 17.1. The van der Waals surface area contributed by atoms with Crippen molar-refractivity contribution in [1.29, 1.82) is 0 Å². The highest BCUT2D eigenvalue weighted by Crippen LogP contribution is 2.30. The van der Waals surface area contributed by atoms with E-state index in [2.05, 4.69) is 36.2 Å². The number of carbonyl (C=O) groups excluding carboxylic acids is 4. The zero-order valence-corrected chi connectivity index (χ0v) is 30.6. The molecule has 0 aromatic heterocycles. The molecule has 4 atom stereocenters. The van der Waals surface area contributed by atoms with Gasteiger partial charge in [0.25, 0.3) is 0 Å². The van der Waals surface area contributed by atoms with Crippen LogP contribution in [0.4, 0.5) is 0 Å². The summed E-state index contributed by atoms with van der Waals surface area (Å²) in [5, 5.41) is 12.7. The van der Waals surface area contributed by atoms with Crippen molar-refractivity contribution in [3.8, 4) is 5.75 Å². The topological polar surface area (TPSA) is 114 Å². The molecule has 0 spiro atoms. The summed E-state index contributed by atoms with van der Waals surface area (Å²) in [7, 11) is 0. The van der Waals surface area contributed by atoms with Crippen molar-refractivity contribution >= 4 is 23.6 Å². The molecule has 3 saturated heterocycles. The Morgan fingerprint density at radius 2 is 1.39 bits per heavy atom. The Morgan fingerprint density at radius 3 is 2.10 bits per heavy atom. The maximum atomic E-state index is 14.2. The van der Waals surface area contributed by atoms with Gasteiger partial charge in [0.1, 0.15) is 5.75 Å². The number of piperazine rings is 2. The van der Waals surface area contributed by atoms with Gasteiger partial charge < -0.3 is 25.1 Å².